The molecule has 1 aliphatic heterocycles. The Hall–Kier alpha value is -0.983. The lowest BCUT2D eigenvalue weighted by Gasteiger charge is -2.37. The van der Waals surface area contributed by atoms with Crippen molar-refractivity contribution in [3.63, 3.8) is 0 Å². The van der Waals surface area contributed by atoms with Crippen LogP contribution in [-0.2, 0) is 23.5 Å². The number of carbonyl (C=O) groups is 2. The monoisotopic (exact) mass is 328 g/mol. The van der Waals surface area contributed by atoms with E-state index in [-0.39, 0.29) is 23.7 Å². The van der Waals surface area contributed by atoms with Crippen molar-refractivity contribution >= 4 is 20.1 Å². The van der Waals surface area contributed by atoms with E-state index >= 15 is 0 Å². The summed E-state index contributed by atoms with van der Waals surface area (Å²) in [4.78, 5) is 24.3. The molecular weight excluding hydrogens is 300 g/mol. The highest BCUT2D eigenvalue weighted by Crippen LogP contribution is 2.38. The maximum atomic E-state index is 12.3. The van der Waals surface area contributed by atoms with Crippen molar-refractivity contribution in [3.05, 3.63) is 12.7 Å². The van der Waals surface area contributed by atoms with Crippen LogP contribution in [0.2, 0.25) is 18.1 Å². The van der Waals surface area contributed by atoms with Crippen LogP contribution >= 0.6 is 0 Å². The quantitative estimate of drug-likeness (QED) is 0.325. The number of ether oxygens (including phenoxy) is 2. The van der Waals surface area contributed by atoms with Gasteiger partial charge in [0.25, 0.3) is 0 Å². The molecule has 0 aromatic rings. The van der Waals surface area contributed by atoms with Crippen molar-refractivity contribution in [1.29, 1.82) is 0 Å². The third-order valence-electron chi connectivity index (χ3n) is 4.61. The van der Waals surface area contributed by atoms with Gasteiger partial charge in [-0.15, -0.1) is 6.58 Å². The van der Waals surface area contributed by atoms with Gasteiger partial charge < -0.3 is 13.9 Å². The molecule has 0 amide bonds. The SMILES string of the molecule is C=CC[C@@]1(C(=O)OC)O[C@H](CO[Si](C)(C)C(C)(C)C)CC1=O. The zero-order valence-electron chi connectivity index (χ0n) is 14.5. The van der Waals surface area contributed by atoms with E-state index in [9.17, 15) is 9.59 Å². The molecule has 0 saturated carbocycles. The zero-order chi connectivity index (χ0) is 17.2. The minimum absolute atomic E-state index is 0.0795. The molecule has 1 rings (SSSR count). The van der Waals surface area contributed by atoms with E-state index in [0.717, 1.165) is 0 Å². The first-order valence-electron chi connectivity index (χ1n) is 7.54. The molecule has 0 N–H and O–H groups in total. The van der Waals surface area contributed by atoms with Crippen molar-refractivity contribution in [1.82, 2.24) is 0 Å². The minimum Gasteiger partial charge on any atom is -0.467 e. The smallest absolute Gasteiger partial charge is 0.346 e. The lowest BCUT2D eigenvalue weighted by molar-refractivity contribution is -0.171. The first-order chi connectivity index (χ1) is 10.00. The van der Waals surface area contributed by atoms with Gasteiger partial charge in [0.2, 0.25) is 5.60 Å². The lowest BCUT2D eigenvalue weighted by Crippen LogP contribution is -2.46. The number of rotatable bonds is 6. The molecule has 6 heteroatoms. The fourth-order valence-electron chi connectivity index (χ4n) is 2.15. The molecule has 2 atom stereocenters. The first kappa shape index (κ1) is 19.1. The van der Waals surface area contributed by atoms with Gasteiger partial charge in [-0.25, -0.2) is 4.79 Å². The van der Waals surface area contributed by atoms with Crippen molar-refractivity contribution < 1.29 is 23.5 Å². The van der Waals surface area contributed by atoms with Gasteiger partial charge in [0.15, 0.2) is 14.1 Å². The molecule has 0 radical (unpaired) electrons. The van der Waals surface area contributed by atoms with E-state index in [1.165, 1.54) is 13.2 Å². The van der Waals surface area contributed by atoms with Crippen molar-refractivity contribution in [2.75, 3.05) is 13.7 Å². The summed E-state index contributed by atoms with van der Waals surface area (Å²) in [6, 6.07) is 0. The Morgan fingerprint density at radius 2 is 2.09 bits per heavy atom. The Bertz CT molecular complexity index is 452. The first-order valence-corrected chi connectivity index (χ1v) is 10.5. The number of carbonyl (C=O) groups excluding carboxylic acids is 2. The molecule has 5 nitrogen and oxygen atoms in total. The van der Waals surface area contributed by atoms with Crippen LogP contribution in [0.1, 0.15) is 33.6 Å². The Balaban J connectivity index is 2.80. The summed E-state index contributed by atoms with van der Waals surface area (Å²) in [5, 5.41) is 0.0795. The fourth-order valence-corrected chi connectivity index (χ4v) is 3.19. The molecule has 1 fully saturated rings. The number of hydrogen-bond acceptors (Lipinski definition) is 5. The van der Waals surface area contributed by atoms with Crippen LogP contribution in [-0.4, -0.2) is 45.5 Å². The molecule has 126 valence electrons. The van der Waals surface area contributed by atoms with Gasteiger partial charge >= 0.3 is 5.97 Å². The normalized spacial score (nSPS) is 26.1. The summed E-state index contributed by atoms with van der Waals surface area (Å²) >= 11 is 0. The average molecular weight is 328 g/mol. The molecule has 0 aliphatic carbocycles. The molecule has 1 saturated heterocycles. The number of esters is 1. The van der Waals surface area contributed by atoms with Gasteiger partial charge in [0, 0.05) is 12.8 Å². The number of hydrogen-bond donors (Lipinski definition) is 0. The summed E-state index contributed by atoms with van der Waals surface area (Å²) in [5.41, 5.74) is -1.54. The van der Waals surface area contributed by atoms with Gasteiger partial charge in [0.05, 0.1) is 19.8 Å². The van der Waals surface area contributed by atoms with Crippen LogP contribution < -0.4 is 0 Å². The predicted molar refractivity (Wildman–Crippen MR) is 87.2 cm³/mol. The molecule has 0 aromatic heterocycles. The molecule has 0 bridgehead atoms. The summed E-state index contributed by atoms with van der Waals surface area (Å²) in [6.07, 6.45) is 1.37. The summed E-state index contributed by atoms with van der Waals surface area (Å²) in [5.74, 6) is -0.921. The number of methoxy groups -OCH3 is 1. The lowest BCUT2D eigenvalue weighted by atomic mass is 9.94. The van der Waals surface area contributed by atoms with E-state index in [1.807, 2.05) is 0 Å². The predicted octanol–water partition coefficient (Wildman–Crippen LogP) is 2.85. The Morgan fingerprint density at radius 1 is 1.50 bits per heavy atom. The van der Waals surface area contributed by atoms with Gasteiger partial charge in [-0.2, -0.15) is 0 Å². The molecular formula is C16H28O5Si. The second kappa shape index (κ2) is 6.64. The highest BCUT2D eigenvalue weighted by atomic mass is 28.4. The second-order valence-electron chi connectivity index (χ2n) is 7.25. The summed E-state index contributed by atoms with van der Waals surface area (Å²) in [6.45, 7) is 14.6. The van der Waals surface area contributed by atoms with E-state index < -0.39 is 26.0 Å². The molecule has 1 aliphatic rings. The maximum absolute atomic E-state index is 12.3. The third-order valence-corrected chi connectivity index (χ3v) is 9.12. The van der Waals surface area contributed by atoms with E-state index in [0.29, 0.717) is 6.61 Å². The maximum Gasteiger partial charge on any atom is 0.346 e. The van der Waals surface area contributed by atoms with Crippen LogP contribution in [0, 0.1) is 0 Å². The van der Waals surface area contributed by atoms with Crippen LogP contribution in [0.5, 0.6) is 0 Å². The fraction of sp³-hybridized carbons (Fsp3) is 0.750. The van der Waals surface area contributed by atoms with Gasteiger partial charge in [-0.05, 0) is 18.1 Å². The second-order valence-corrected chi connectivity index (χ2v) is 12.1. The van der Waals surface area contributed by atoms with Crippen molar-refractivity contribution in [2.24, 2.45) is 0 Å². The topological polar surface area (TPSA) is 61.8 Å². The van der Waals surface area contributed by atoms with Crippen LogP contribution in [0.15, 0.2) is 12.7 Å². The molecule has 0 spiro atoms. The largest absolute Gasteiger partial charge is 0.467 e. The Morgan fingerprint density at radius 3 is 2.55 bits per heavy atom. The Kier molecular flexibility index (Phi) is 5.75. The van der Waals surface area contributed by atoms with Crippen molar-refractivity contribution in [2.45, 2.75) is 63.5 Å². The highest BCUT2D eigenvalue weighted by molar-refractivity contribution is 6.74. The summed E-state index contributed by atoms with van der Waals surface area (Å²) in [7, 11) is -0.669. The van der Waals surface area contributed by atoms with Gasteiger partial charge in [0.1, 0.15) is 0 Å². The average Bonchev–Trinajstić information content (AvgIpc) is 2.72. The molecule has 22 heavy (non-hydrogen) atoms. The van der Waals surface area contributed by atoms with E-state index in [4.69, 9.17) is 13.9 Å². The molecule has 1 heterocycles. The molecule has 0 aromatic carbocycles. The van der Waals surface area contributed by atoms with Crippen LogP contribution in [0.3, 0.4) is 0 Å². The van der Waals surface area contributed by atoms with Gasteiger partial charge in [-0.1, -0.05) is 26.8 Å². The Labute approximate surface area is 134 Å². The van der Waals surface area contributed by atoms with E-state index in [2.05, 4.69) is 40.4 Å². The zero-order valence-corrected chi connectivity index (χ0v) is 15.5. The van der Waals surface area contributed by atoms with Crippen LogP contribution in [0.4, 0.5) is 0 Å². The van der Waals surface area contributed by atoms with Crippen molar-refractivity contribution in [3.8, 4) is 0 Å². The number of ketones is 1. The van der Waals surface area contributed by atoms with Crippen LogP contribution in [0.25, 0.3) is 0 Å². The molecule has 0 unspecified atom stereocenters. The van der Waals surface area contributed by atoms with E-state index in [1.54, 1.807) is 0 Å². The third kappa shape index (κ3) is 3.67. The number of Topliss-reactive ketones (excluding diaryl/α,β-unsaturated/α-hetero) is 1. The van der Waals surface area contributed by atoms with Gasteiger partial charge in [-0.3, -0.25) is 4.79 Å². The highest BCUT2D eigenvalue weighted by Gasteiger charge is 2.54. The minimum atomic E-state index is -1.92. The summed E-state index contributed by atoms with van der Waals surface area (Å²) < 4.78 is 16.6. The standard InChI is InChI=1S/C16H28O5Si/c1-8-9-16(14(18)19-5)13(17)10-12(21-16)11-20-22(6,7)15(2,3)4/h8,12H,1,9-11H2,2-7H3/t12-,16+/m0/s1.